The van der Waals surface area contributed by atoms with E-state index >= 15 is 0 Å². The summed E-state index contributed by atoms with van der Waals surface area (Å²) >= 11 is 0. The molecule has 8 nitrogen and oxygen atoms in total. The molecule has 0 spiro atoms. The Bertz CT molecular complexity index is 892. The lowest BCUT2D eigenvalue weighted by atomic mass is 10.0. The first-order chi connectivity index (χ1) is 14.1. The quantitative estimate of drug-likeness (QED) is 0.721. The van der Waals surface area contributed by atoms with Crippen LogP contribution in [0.3, 0.4) is 0 Å². The second-order valence-electron chi connectivity index (χ2n) is 8.12. The summed E-state index contributed by atoms with van der Waals surface area (Å²) in [5, 5.41) is 5.75. The zero-order chi connectivity index (χ0) is 20.0. The van der Waals surface area contributed by atoms with Gasteiger partial charge < -0.3 is 20.0 Å². The molecule has 3 amide bonds. The number of piperidine rings is 1. The molecule has 2 atom stereocenters. The van der Waals surface area contributed by atoms with Crippen molar-refractivity contribution in [2.75, 3.05) is 31.1 Å². The molecule has 1 aromatic rings. The Morgan fingerprint density at radius 2 is 1.93 bits per heavy atom. The summed E-state index contributed by atoms with van der Waals surface area (Å²) in [5.41, 5.74) is 2.65. The summed E-state index contributed by atoms with van der Waals surface area (Å²) in [5.74, 6) is -0.768. The summed E-state index contributed by atoms with van der Waals surface area (Å²) in [6.07, 6.45) is 6.11. The number of nitrogens with zero attached hydrogens (tertiary/aromatic N) is 3. The molecule has 2 N–H and O–H groups in total. The Morgan fingerprint density at radius 3 is 2.66 bits per heavy atom. The molecule has 4 heterocycles. The summed E-state index contributed by atoms with van der Waals surface area (Å²) in [6, 6.07) is 5.89. The van der Waals surface area contributed by atoms with Gasteiger partial charge in [0.2, 0.25) is 11.8 Å². The van der Waals surface area contributed by atoms with Crippen molar-refractivity contribution in [3.8, 4) is 0 Å². The highest BCUT2D eigenvalue weighted by molar-refractivity contribution is 6.05. The SMILES string of the molecule is O=C1CCC(N2Cc3cc(N4C=CN(C5CCNC5)CC4)ccc3C2=O)C(=O)N1. The van der Waals surface area contributed by atoms with Gasteiger partial charge in [0.15, 0.2) is 0 Å². The Hall–Kier alpha value is -2.87. The monoisotopic (exact) mass is 395 g/mol. The molecule has 0 aliphatic carbocycles. The largest absolute Gasteiger partial charge is 0.370 e. The van der Waals surface area contributed by atoms with Crippen LogP contribution in [-0.2, 0) is 16.1 Å². The Balaban J connectivity index is 1.31. The number of rotatable bonds is 3. The molecule has 2 saturated heterocycles. The number of imide groups is 1. The minimum absolute atomic E-state index is 0.129. The average molecular weight is 395 g/mol. The Kier molecular flexibility index (Phi) is 4.50. The van der Waals surface area contributed by atoms with Gasteiger partial charge in [-0.1, -0.05) is 0 Å². The van der Waals surface area contributed by atoms with Gasteiger partial charge in [0.1, 0.15) is 6.04 Å². The zero-order valence-electron chi connectivity index (χ0n) is 16.3. The normalized spacial score (nSPS) is 26.9. The fraction of sp³-hybridized carbons (Fsp3) is 0.476. The maximum atomic E-state index is 12.8. The molecule has 0 bridgehead atoms. The second-order valence-corrected chi connectivity index (χ2v) is 8.12. The Morgan fingerprint density at radius 1 is 1.03 bits per heavy atom. The lowest BCUT2D eigenvalue weighted by molar-refractivity contribution is -0.136. The highest BCUT2D eigenvalue weighted by Crippen LogP contribution is 2.31. The number of hydrogen-bond donors (Lipinski definition) is 2. The number of carbonyl (C=O) groups excluding carboxylic acids is 3. The third-order valence-corrected chi connectivity index (χ3v) is 6.38. The van der Waals surface area contributed by atoms with Crippen molar-refractivity contribution in [3.63, 3.8) is 0 Å². The van der Waals surface area contributed by atoms with Gasteiger partial charge in [-0.2, -0.15) is 0 Å². The van der Waals surface area contributed by atoms with Crippen LogP contribution in [0.15, 0.2) is 30.6 Å². The van der Waals surface area contributed by atoms with Crippen molar-refractivity contribution >= 4 is 23.4 Å². The van der Waals surface area contributed by atoms with Crippen LogP contribution in [0.5, 0.6) is 0 Å². The number of hydrogen-bond acceptors (Lipinski definition) is 6. The van der Waals surface area contributed by atoms with Gasteiger partial charge in [0.25, 0.3) is 5.91 Å². The van der Waals surface area contributed by atoms with Crippen LogP contribution in [0.1, 0.15) is 35.2 Å². The first kappa shape index (κ1) is 18.2. The van der Waals surface area contributed by atoms with E-state index in [1.807, 2.05) is 12.1 Å². The number of benzene rings is 1. The van der Waals surface area contributed by atoms with Crippen LogP contribution in [0, 0.1) is 0 Å². The average Bonchev–Trinajstić information content (AvgIpc) is 3.37. The number of anilines is 1. The van der Waals surface area contributed by atoms with Gasteiger partial charge in [0, 0.05) is 62.3 Å². The first-order valence-electron chi connectivity index (χ1n) is 10.3. The molecule has 2 unspecified atom stereocenters. The van der Waals surface area contributed by atoms with Gasteiger partial charge in [-0.15, -0.1) is 0 Å². The molecule has 1 aromatic carbocycles. The van der Waals surface area contributed by atoms with Crippen molar-refractivity contribution in [2.45, 2.75) is 37.9 Å². The van der Waals surface area contributed by atoms with Gasteiger partial charge in [-0.3, -0.25) is 19.7 Å². The van der Waals surface area contributed by atoms with E-state index in [4.69, 9.17) is 0 Å². The van der Waals surface area contributed by atoms with Gasteiger partial charge in [0.05, 0.1) is 0 Å². The van der Waals surface area contributed by atoms with Gasteiger partial charge in [-0.05, 0) is 43.1 Å². The van der Waals surface area contributed by atoms with E-state index < -0.39 is 6.04 Å². The standard InChI is InChI=1S/C21H25N5O3/c27-19-4-3-18(20(28)23-19)26-13-14-11-15(1-2-17(14)21(26)29)24-7-9-25(10-8-24)16-5-6-22-12-16/h1-2,7,9,11,16,18,22H,3-6,8,10,12-13H2,(H,23,27,28). The van der Waals surface area contributed by atoms with Crippen LogP contribution in [0.25, 0.3) is 0 Å². The molecular weight excluding hydrogens is 370 g/mol. The van der Waals surface area contributed by atoms with Gasteiger partial charge in [-0.25, -0.2) is 0 Å². The molecule has 0 aromatic heterocycles. The third-order valence-electron chi connectivity index (χ3n) is 6.38. The van der Waals surface area contributed by atoms with Crippen LogP contribution in [0.2, 0.25) is 0 Å². The predicted molar refractivity (Wildman–Crippen MR) is 107 cm³/mol. The van der Waals surface area contributed by atoms with E-state index in [2.05, 4.69) is 38.9 Å². The molecule has 2 fully saturated rings. The minimum atomic E-state index is -0.570. The summed E-state index contributed by atoms with van der Waals surface area (Å²) in [7, 11) is 0. The molecule has 5 rings (SSSR count). The van der Waals surface area contributed by atoms with Crippen molar-refractivity contribution in [2.24, 2.45) is 0 Å². The van der Waals surface area contributed by atoms with E-state index in [0.717, 1.165) is 37.4 Å². The molecule has 4 aliphatic rings. The number of fused-ring (bicyclic) bond motifs is 1. The maximum Gasteiger partial charge on any atom is 0.255 e. The summed E-state index contributed by atoms with van der Waals surface area (Å²) < 4.78 is 0. The van der Waals surface area contributed by atoms with Crippen molar-refractivity contribution in [3.05, 3.63) is 41.7 Å². The highest BCUT2D eigenvalue weighted by Gasteiger charge is 2.39. The van der Waals surface area contributed by atoms with Crippen LogP contribution in [0.4, 0.5) is 5.69 Å². The van der Waals surface area contributed by atoms with Crippen molar-refractivity contribution in [1.82, 2.24) is 20.4 Å². The topological polar surface area (TPSA) is 85.0 Å². The molecule has 8 heteroatoms. The molecule has 0 radical (unpaired) electrons. The fourth-order valence-corrected chi connectivity index (χ4v) is 4.72. The van der Waals surface area contributed by atoms with Crippen molar-refractivity contribution in [1.29, 1.82) is 0 Å². The first-order valence-corrected chi connectivity index (χ1v) is 10.3. The fourth-order valence-electron chi connectivity index (χ4n) is 4.72. The highest BCUT2D eigenvalue weighted by atomic mass is 16.2. The molecule has 29 heavy (non-hydrogen) atoms. The molecule has 152 valence electrons. The zero-order valence-corrected chi connectivity index (χ0v) is 16.3. The maximum absolute atomic E-state index is 12.8. The van der Waals surface area contributed by atoms with Crippen molar-refractivity contribution < 1.29 is 14.4 Å². The molecular formula is C21H25N5O3. The smallest absolute Gasteiger partial charge is 0.255 e. The van der Waals surface area contributed by atoms with Crippen LogP contribution < -0.4 is 15.5 Å². The number of carbonyl (C=O) groups is 3. The number of nitrogens with one attached hydrogen (secondary N) is 2. The Labute approximate surface area is 169 Å². The third kappa shape index (κ3) is 3.27. The lowest BCUT2D eigenvalue weighted by Crippen LogP contribution is -2.52. The van der Waals surface area contributed by atoms with E-state index in [-0.39, 0.29) is 24.1 Å². The van der Waals surface area contributed by atoms with E-state index in [9.17, 15) is 14.4 Å². The van der Waals surface area contributed by atoms with E-state index in [1.54, 1.807) is 4.90 Å². The van der Waals surface area contributed by atoms with E-state index in [0.29, 0.717) is 24.6 Å². The van der Waals surface area contributed by atoms with Crippen LogP contribution in [-0.4, -0.2) is 65.8 Å². The summed E-state index contributed by atoms with van der Waals surface area (Å²) in [4.78, 5) is 42.6. The lowest BCUT2D eigenvalue weighted by Gasteiger charge is -2.35. The van der Waals surface area contributed by atoms with Crippen LogP contribution >= 0.6 is 0 Å². The molecule has 4 aliphatic heterocycles. The van der Waals surface area contributed by atoms with E-state index in [1.165, 1.54) is 6.42 Å². The second kappa shape index (κ2) is 7.18. The predicted octanol–water partition coefficient (Wildman–Crippen LogP) is 0.403. The summed E-state index contributed by atoms with van der Waals surface area (Å²) in [6.45, 7) is 4.41. The number of amides is 3. The van der Waals surface area contributed by atoms with Gasteiger partial charge >= 0.3 is 0 Å². The minimum Gasteiger partial charge on any atom is -0.370 e. The molecule has 0 saturated carbocycles.